The van der Waals surface area contributed by atoms with Crippen LogP contribution in [0.1, 0.15) is 0 Å². The molecule has 18 heavy (non-hydrogen) atoms. The van der Waals surface area contributed by atoms with Crippen LogP contribution in [-0.4, -0.2) is 36.4 Å². The number of nitro groups is 1. The molecule has 0 heterocycles. The molecule has 8 heteroatoms. The summed E-state index contributed by atoms with van der Waals surface area (Å²) in [5, 5.41) is 13.4. The number of rotatable bonds is 4. The van der Waals surface area contributed by atoms with Crippen LogP contribution >= 0.6 is 45.2 Å². The number of carbonyl (C=O) groups excluding carboxylic acids is 1. The van der Waals surface area contributed by atoms with Crippen LogP contribution in [-0.2, 0) is 4.79 Å². The van der Waals surface area contributed by atoms with Crippen LogP contribution in [0.3, 0.4) is 0 Å². The van der Waals surface area contributed by atoms with Gasteiger partial charge in [-0.2, -0.15) is 0 Å². The lowest BCUT2D eigenvalue weighted by atomic mass is 10.3. The number of nitro benzene ring substituents is 1. The third kappa shape index (κ3) is 4.31. The van der Waals surface area contributed by atoms with Gasteiger partial charge in [0.25, 0.3) is 5.69 Å². The van der Waals surface area contributed by atoms with Gasteiger partial charge in [0.15, 0.2) is 0 Å². The first-order valence-corrected chi connectivity index (χ1v) is 7.05. The van der Waals surface area contributed by atoms with Crippen molar-refractivity contribution in [1.29, 1.82) is 0 Å². The average Bonchev–Trinajstić information content (AvgIpc) is 2.21. The number of nitrogens with one attached hydrogen (secondary N) is 1. The van der Waals surface area contributed by atoms with Gasteiger partial charge in [-0.15, -0.1) is 0 Å². The summed E-state index contributed by atoms with van der Waals surface area (Å²) in [6.07, 6.45) is 0. The van der Waals surface area contributed by atoms with Crippen LogP contribution in [0.5, 0.6) is 0 Å². The molecule has 1 rings (SSSR count). The second-order valence-electron chi connectivity index (χ2n) is 3.83. The molecule has 0 unspecified atom stereocenters. The minimum Gasteiger partial charge on any atom is -0.323 e. The Balaban J connectivity index is 2.97. The lowest BCUT2D eigenvalue weighted by Crippen LogP contribution is -2.27. The Bertz CT molecular complexity index is 468. The van der Waals surface area contributed by atoms with E-state index in [0.717, 1.165) is 0 Å². The van der Waals surface area contributed by atoms with Crippen molar-refractivity contribution in [3.8, 4) is 0 Å². The molecule has 0 bridgehead atoms. The first-order chi connectivity index (χ1) is 8.31. The number of hydrogen-bond acceptors (Lipinski definition) is 4. The molecule has 1 amide bonds. The van der Waals surface area contributed by atoms with Crippen molar-refractivity contribution >= 4 is 62.5 Å². The molecule has 0 aliphatic carbocycles. The monoisotopic (exact) mass is 475 g/mol. The zero-order valence-corrected chi connectivity index (χ0v) is 14.1. The number of benzene rings is 1. The van der Waals surface area contributed by atoms with E-state index >= 15 is 0 Å². The van der Waals surface area contributed by atoms with Crippen LogP contribution < -0.4 is 5.32 Å². The van der Waals surface area contributed by atoms with Gasteiger partial charge in [-0.05, 0) is 59.3 Å². The lowest BCUT2D eigenvalue weighted by Gasteiger charge is -2.12. The molecule has 0 aliphatic rings. The molecule has 0 saturated carbocycles. The summed E-state index contributed by atoms with van der Waals surface area (Å²) >= 11 is 3.95. The Kier molecular flexibility index (Phi) is 5.72. The van der Waals surface area contributed by atoms with Crippen molar-refractivity contribution in [2.45, 2.75) is 0 Å². The van der Waals surface area contributed by atoms with Crippen LogP contribution in [0.15, 0.2) is 12.1 Å². The number of likely N-dealkylation sites (N-methyl/N-ethyl adjacent to an activating group) is 1. The molecule has 0 spiro atoms. The minimum atomic E-state index is -0.449. The molecular formula is C10H11I2N3O3. The number of amides is 1. The number of non-ortho nitro benzene ring substituents is 1. The number of carbonyl (C=O) groups is 1. The van der Waals surface area contributed by atoms with Crippen molar-refractivity contribution in [1.82, 2.24) is 4.90 Å². The zero-order valence-electron chi connectivity index (χ0n) is 9.74. The van der Waals surface area contributed by atoms with E-state index in [9.17, 15) is 14.9 Å². The average molecular weight is 475 g/mol. The first-order valence-electron chi connectivity index (χ1n) is 4.89. The Morgan fingerprint density at radius 1 is 1.39 bits per heavy atom. The van der Waals surface area contributed by atoms with Crippen LogP contribution in [0.2, 0.25) is 0 Å². The molecule has 0 aliphatic heterocycles. The summed E-state index contributed by atoms with van der Waals surface area (Å²) in [5.74, 6) is -0.148. The fourth-order valence-corrected chi connectivity index (χ4v) is 3.26. The molecule has 98 valence electrons. The summed E-state index contributed by atoms with van der Waals surface area (Å²) in [6.45, 7) is 0.267. The molecule has 1 aromatic rings. The van der Waals surface area contributed by atoms with Gasteiger partial charge in [-0.3, -0.25) is 14.9 Å². The van der Waals surface area contributed by atoms with E-state index in [-0.39, 0.29) is 18.1 Å². The number of halogens is 2. The molecule has 0 atom stereocenters. The number of anilines is 1. The molecule has 0 radical (unpaired) electrons. The Hall–Kier alpha value is -0.490. The highest BCUT2D eigenvalue weighted by Gasteiger charge is 2.15. The molecule has 1 N–H and O–H groups in total. The second-order valence-corrected chi connectivity index (χ2v) is 6.15. The van der Waals surface area contributed by atoms with E-state index in [4.69, 9.17) is 0 Å². The highest BCUT2D eigenvalue weighted by molar-refractivity contribution is 14.1. The molecule has 0 saturated heterocycles. The second kappa shape index (κ2) is 6.61. The summed E-state index contributed by atoms with van der Waals surface area (Å²) in [7, 11) is 3.59. The van der Waals surface area contributed by atoms with E-state index in [1.54, 1.807) is 19.0 Å². The smallest absolute Gasteiger partial charge is 0.271 e. The maximum absolute atomic E-state index is 11.7. The first kappa shape index (κ1) is 15.6. The predicted molar refractivity (Wildman–Crippen MR) is 85.7 cm³/mol. The van der Waals surface area contributed by atoms with Crippen LogP contribution in [0.4, 0.5) is 11.4 Å². The van der Waals surface area contributed by atoms with Crippen LogP contribution in [0, 0.1) is 17.3 Å². The quantitative estimate of drug-likeness (QED) is 0.413. The third-order valence-corrected chi connectivity index (χ3v) is 3.66. The van der Waals surface area contributed by atoms with E-state index in [0.29, 0.717) is 12.8 Å². The van der Waals surface area contributed by atoms with Crippen molar-refractivity contribution in [2.24, 2.45) is 0 Å². The summed E-state index contributed by atoms with van der Waals surface area (Å²) in [5.41, 5.74) is 0.642. The largest absolute Gasteiger partial charge is 0.323 e. The van der Waals surface area contributed by atoms with Crippen LogP contribution in [0.25, 0.3) is 0 Å². The van der Waals surface area contributed by atoms with Crippen molar-refractivity contribution in [3.05, 3.63) is 29.4 Å². The maximum Gasteiger partial charge on any atom is 0.271 e. The molecular weight excluding hydrogens is 464 g/mol. The molecule has 0 fully saturated rings. The van der Waals surface area contributed by atoms with Gasteiger partial charge in [0.2, 0.25) is 5.91 Å². The van der Waals surface area contributed by atoms with E-state index in [1.807, 2.05) is 45.2 Å². The molecule has 6 nitrogen and oxygen atoms in total. The Morgan fingerprint density at radius 3 is 2.28 bits per heavy atom. The normalized spacial score (nSPS) is 10.5. The summed E-state index contributed by atoms with van der Waals surface area (Å²) in [6, 6.07) is 2.88. The SMILES string of the molecule is CN(C)CC(=O)Nc1c(I)cc([N+](=O)[O-])cc1I. The minimum absolute atomic E-state index is 0.0226. The molecule has 0 aromatic heterocycles. The Morgan fingerprint density at radius 2 is 1.89 bits per heavy atom. The lowest BCUT2D eigenvalue weighted by molar-refractivity contribution is -0.385. The number of nitrogens with zero attached hydrogens (tertiary/aromatic N) is 2. The standard InChI is InChI=1S/C10H11I2N3O3/c1-14(2)5-9(16)13-10-7(11)3-6(15(17)18)4-8(10)12/h3-4H,5H2,1-2H3,(H,13,16). The van der Waals surface area contributed by atoms with Crippen molar-refractivity contribution < 1.29 is 9.72 Å². The van der Waals surface area contributed by atoms with Crippen molar-refractivity contribution in [2.75, 3.05) is 26.0 Å². The topological polar surface area (TPSA) is 75.5 Å². The molecule has 1 aromatic carbocycles. The van der Waals surface area contributed by atoms with Gasteiger partial charge < -0.3 is 10.2 Å². The fraction of sp³-hybridized carbons (Fsp3) is 0.300. The van der Waals surface area contributed by atoms with Crippen molar-refractivity contribution in [3.63, 3.8) is 0 Å². The van der Waals surface area contributed by atoms with Gasteiger partial charge in [-0.1, -0.05) is 0 Å². The third-order valence-electron chi connectivity index (χ3n) is 1.96. The van der Waals surface area contributed by atoms with Gasteiger partial charge in [0.05, 0.1) is 17.2 Å². The summed E-state index contributed by atoms with van der Waals surface area (Å²) < 4.78 is 1.30. The van der Waals surface area contributed by atoms with Gasteiger partial charge in [0, 0.05) is 19.3 Å². The maximum atomic E-state index is 11.7. The predicted octanol–water partition coefficient (Wildman–Crippen LogP) is 2.30. The zero-order chi connectivity index (χ0) is 13.9. The fourth-order valence-electron chi connectivity index (χ4n) is 1.25. The van der Waals surface area contributed by atoms with Gasteiger partial charge in [0.1, 0.15) is 0 Å². The van der Waals surface area contributed by atoms with E-state index in [1.165, 1.54) is 12.1 Å². The van der Waals surface area contributed by atoms with Gasteiger partial charge in [-0.25, -0.2) is 0 Å². The summed E-state index contributed by atoms with van der Waals surface area (Å²) in [4.78, 5) is 23.6. The van der Waals surface area contributed by atoms with E-state index in [2.05, 4.69) is 5.32 Å². The highest BCUT2D eigenvalue weighted by Crippen LogP contribution is 2.29. The van der Waals surface area contributed by atoms with E-state index < -0.39 is 4.92 Å². The highest BCUT2D eigenvalue weighted by atomic mass is 127. The number of hydrogen-bond donors (Lipinski definition) is 1. The Labute approximate surface area is 132 Å². The van der Waals surface area contributed by atoms with Gasteiger partial charge >= 0.3 is 0 Å².